The van der Waals surface area contributed by atoms with Gasteiger partial charge in [0.05, 0.1) is 17.8 Å². The molecular weight excluding hydrogens is 392 g/mol. The maximum Gasteiger partial charge on any atom is 0.237 e. The summed E-state index contributed by atoms with van der Waals surface area (Å²) in [6, 6.07) is 4.23. The van der Waals surface area contributed by atoms with Gasteiger partial charge in [-0.15, -0.1) is 0 Å². The van der Waals surface area contributed by atoms with E-state index in [0.717, 1.165) is 11.3 Å². The van der Waals surface area contributed by atoms with Crippen LogP contribution in [0.15, 0.2) is 30.9 Å². The number of rotatable bonds is 9. The standard InChI is InChI=1S/C20H29ClN6O2/c1-5-15(26-16(18(22)28)9-20(2,3)4)19(29)24-10-13-8-14(21)6-7-17(13)27-12-23-11-25-27/h6-8,11-12,15-16,26H,5,9-10H2,1-4H3,(H2,22,28)(H,24,29)/t15-,16+/m0/s1. The fourth-order valence-electron chi connectivity index (χ4n) is 3.03. The second-order valence-electron chi connectivity index (χ2n) is 8.18. The Kier molecular flexibility index (Phi) is 7.75. The Balaban J connectivity index is 2.09. The quantitative estimate of drug-likeness (QED) is 0.575. The summed E-state index contributed by atoms with van der Waals surface area (Å²) < 4.78 is 1.61. The number of carbonyl (C=O) groups is 2. The van der Waals surface area contributed by atoms with E-state index in [0.29, 0.717) is 17.9 Å². The minimum atomic E-state index is -0.581. The van der Waals surface area contributed by atoms with Crippen LogP contribution >= 0.6 is 11.6 Å². The zero-order valence-corrected chi connectivity index (χ0v) is 18.0. The molecule has 0 aliphatic rings. The summed E-state index contributed by atoms with van der Waals surface area (Å²) in [5.41, 5.74) is 7.01. The van der Waals surface area contributed by atoms with Crippen molar-refractivity contribution in [2.24, 2.45) is 11.1 Å². The molecule has 1 aromatic heterocycles. The van der Waals surface area contributed by atoms with Gasteiger partial charge in [0.2, 0.25) is 11.8 Å². The fraction of sp³-hybridized carbons (Fsp3) is 0.500. The van der Waals surface area contributed by atoms with E-state index in [1.54, 1.807) is 23.1 Å². The van der Waals surface area contributed by atoms with Crippen molar-refractivity contribution in [1.82, 2.24) is 25.4 Å². The van der Waals surface area contributed by atoms with Crippen LogP contribution in [0.4, 0.5) is 0 Å². The topological polar surface area (TPSA) is 115 Å². The van der Waals surface area contributed by atoms with Crippen LogP contribution in [0.1, 0.15) is 46.1 Å². The molecule has 0 saturated heterocycles. The number of carbonyl (C=O) groups excluding carboxylic acids is 2. The van der Waals surface area contributed by atoms with Crippen LogP contribution in [0, 0.1) is 5.41 Å². The molecule has 2 aromatic rings. The van der Waals surface area contributed by atoms with E-state index in [-0.39, 0.29) is 17.9 Å². The van der Waals surface area contributed by atoms with Crippen LogP contribution in [0.25, 0.3) is 5.69 Å². The molecule has 0 bridgehead atoms. The van der Waals surface area contributed by atoms with Gasteiger partial charge >= 0.3 is 0 Å². The number of nitrogens with one attached hydrogen (secondary N) is 2. The molecule has 2 atom stereocenters. The molecule has 8 nitrogen and oxygen atoms in total. The molecule has 0 spiro atoms. The van der Waals surface area contributed by atoms with Gasteiger partial charge < -0.3 is 11.1 Å². The highest BCUT2D eigenvalue weighted by Crippen LogP contribution is 2.21. The molecule has 0 saturated carbocycles. The number of hydrogen-bond donors (Lipinski definition) is 3. The summed E-state index contributed by atoms with van der Waals surface area (Å²) in [4.78, 5) is 28.6. The van der Waals surface area contributed by atoms with Gasteiger partial charge in [0.1, 0.15) is 12.7 Å². The number of halogens is 1. The van der Waals surface area contributed by atoms with Crippen LogP contribution in [0.5, 0.6) is 0 Å². The van der Waals surface area contributed by atoms with Gasteiger partial charge in [0.15, 0.2) is 0 Å². The van der Waals surface area contributed by atoms with Crippen molar-refractivity contribution in [2.75, 3.05) is 0 Å². The fourth-order valence-corrected chi connectivity index (χ4v) is 3.23. The molecule has 1 aromatic carbocycles. The number of benzene rings is 1. The lowest BCUT2D eigenvalue weighted by Gasteiger charge is -2.28. The van der Waals surface area contributed by atoms with Crippen LogP contribution in [0.3, 0.4) is 0 Å². The van der Waals surface area contributed by atoms with Gasteiger partial charge in [-0.25, -0.2) is 9.67 Å². The van der Waals surface area contributed by atoms with Crippen molar-refractivity contribution in [2.45, 2.75) is 59.2 Å². The molecule has 1 heterocycles. The zero-order chi connectivity index (χ0) is 21.6. The van der Waals surface area contributed by atoms with E-state index < -0.39 is 18.0 Å². The molecule has 2 rings (SSSR count). The first kappa shape index (κ1) is 22.8. The average molecular weight is 421 g/mol. The van der Waals surface area contributed by atoms with Gasteiger partial charge in [-0.2, -0.15) is 5.10 Å². The van der Waals surface area contributed by atoms with E-state index in [9.17, 15) is 9.59 Å². The third-order valence-electron chi connectivity index (χ3n) is 4.45. The highest BCUT2D eigenvalue weighted by Gasteiger charge is 2.27. The van der Waals surface area contributed by atoms with Gasteiger partial charge in [-0.05, 0) is 42.0 Å². The van der Waals surface area contributed by atoms with Crippen LogP contribution in [-0.2, 0) is 16.1 Å². The second-order valence-corrected chi connectivity index (χ2v) is 8.61. The summed E-state index contributed by atoms with van der Waals surface area (Å²) in [6.07, 6.45) is 4.07. The lowest BCUT2D eigenvalue weighted by atomic mass is 9.87. The van der Waals surface area contributed by atoms with Gasteiger partial charge in [0, 0.05) is 11.6 Å². The van der Waals surface area contributed by atoms with E-state index in [1.165, 1.54) is 6.33 Å². The number of aromatic nitrogens is 3. The molecule has 0 aliphatic carbocycles. The molecule has 0 radical (unpaired) electrons. The van der Waals surface area contributed by atoms with Crippen molar-refractivity contribution in [1.29, 1.82) is 0 Å². The third kappa shape index (κ3) is 6.83. The molecule has 0 unspecified atom stereocenters. The first-order valence-corrected chi connectivity index (χ1v) is 9.95. The predicted molar refractivity (Wildman–Crippen MR) is 112 cm³/mol. The first-order chi connectivity index (χ1) is 13.6. The summed E-state index contributed by atoms with van der Waals surface area (Å²) in [7, 11) is 0. The number of primary amides is 1. The molecule has 0 aliphatic heterocycles. The number of amides is 2. The minimum absolute atomic E-state index is 0.102. The summed E-state index contributed by atoms with van der Waals surface area (Å²) >= 11 is 6.13. The number of nitrogens with zero attached hydrogens (tertiary/aromatic N) is 3. The Bertz CT molecular complexity index is 832. The summed E-state index contributed by atoms with van der Waals surface area (Å²) in [5, 5.41) is 10.7. The van der Waals surface area contributed by atoms with Gasteiger partial charge in [0.25, 0.3) is 0 Å². The third-order valence-corrected chi connectivity index (χ3v) is 4.68. The first-order valence-electron chi connectivity index (χ1n) is 9.57. The van der Waals surface area contributed by atoms with Crippen molar-refractivity contribution in [3.8, 4) is 5.69 Å². The Morgan fingerprint density at radius 3 is 2.55 bits per heavy atom. The predicted octanol–water partition coefficient (Wildman–Crippen LogP) is 2.20. The highest BCUT2D eigenvalue weighted by atomic mass is 35.5. The molecule has 158 valence electrons. The molecule has 0 fully saturated rings. The van der Waals surface area contributed by atoms with Gasteiger partial charge in [-0.1, -0.05) is 39.3 Å². The SMILES string of the molecule is CC[C@H](N[C@H](CC(C)(C)C)C(N)=O)C(=O)NCc1cc(Cl)ccc1-n1cncn1. The van der Waals surface area contributed by atoms with Crippen LogP contribution in [-0.4, -0.2) is 38.7 Å². The molecule has 29 heavy (non-hydrogen) atoms. The number of hydrogen-bond acceptors (Lipinski definition) is 5. The zero-order valence-electron chi connectivity index (χ0n) is 17.3. The Labute approximate surface area is 176 Å². The van der Waals surface area contributed by atoms with E-state index in [1.807, 2.05) is 33.8 Å². The average Bonchev–Trinajstić information content (AvgIpc) is 3.16. The normalized spacial score (nSPS) is 13.7. The van der Waals surface area contributed by atoms with Gasteiger partial charge in [-0.3, -0.25) is 14.9 Å². The maximum absolute atomic E-state index is 12.8. The largest absolute Gasteiger partial charge is 0.368 e. The lowest BCUT2D eigenvalue weighted by Crippen LogP contribution is -2.53. The summed E-state index contributed by atoms with van der Waals surface area (Å²) in [5.74, 6) is -0.674. The Morgan fingerprint density at radius 2 is 2.00 bits per heavy atom. The molecule has 2 amide bonds. The van der Waals surface area contributed by atoms with E-state index in [4.69, 9.17) is 17.3 Å². The van der Waals surface area contributed by atoms with Crippen LogP contribution < -0.4 is 16.4 Å². The summed E-state index contributed by atoms with van der Waals surface area (Å²) in [6.45, 7) is 8.21. The number of nitrogens with two attached hydrogens (primary N) is 1. The highest BCUT2D eigenvalue weighted by molar-refractivity contribution is 6.30. The van der Waals surface area contributed by atoms with Crippen molar-refractivity contribution in [3.05, 3.63) is 41.4 Å². The molecular formula is C20H29ClN6O2. The van der Waals surface area contributed by atoms with E-state index >= 15 is 0 Å². The molecule has 4 N–H and O–H groups in total. The minimum Gasteiger partial charge on any atom is -0.368 e. The monoisotopic (exact) mass is 420 g/mol. The smallest absolute Gasteiger partial charge is 0.237 e. The Morgan fingerprint density at radius 1 is 1.28 bits per heavy atom. The van der Waals surface area contributed by atoms with E-state index in [2.05, 4.69) is 20.7 Å². The van der Waals surface area contributed by atoms with Crippen molar-refractivity contribution >= 4 is 23.4 Å². The van der Waals surface area contributed by atoms with Crippen LogP contribution in [0.2, 0.25) is 5.02 Å². The maximum atomic E-state index is 12.8. The second kappa shape index (κ2) is 9.84. The van der Waals surface area contributed by atoms with Crippen molar-refractivity contribution < 1.29 is 9.59 Å². The van der Waals surface area contributed by atoms with Crippen molar-refractivity contribution in [3.63, 3.8) is 0 Å². The molecule has 9 heteroatoms. The Hall–Kier alpha value is -2.45. The lowest BCUT2D eigenvalue weighted by molar-refractivity contribution is -0.125.